The van der Waals surface area contributed by atoms with Crippen LogP contribution < -0.4 is 5.32 Å². The first-order chi connectivity index (χ1) is 9.28. The molecule has 0 fully saturated rings. The van der Waals surface area contributed by atoms with E-state index in [4.69, 9.17) is 4.52 Å². The highest BCUT2D eigenvalue weighted by atomic mass is 79.9. The SMILES string of the molecule is CC(C)(C)NCc1nc(-c2ccc(F)c(F)c2Br)no1. The van der Waals surface area contributed by atoms with E-state index in [2.05, 4.69) is 31.4 Å². The van der Waals surface area contributed by atoms with Crippen molar-refractivity contribution in [3.05, 3.63) is 34.1 Å². The van der Waals surface area contributed by atoms with E-state index >= 15 is 0 Å². The maximum atomic E-state index is 13.5. The summed E-state index contributed by atoms with van der Waals surface area (Å²) in [6.45, 7) is 6.43. The van der Waals surface area contributed by atoms with Gasteiger partial charge in [-0.05, 0) is 48.8 Å². The minimum atomic E-state index is -0.971. The molecule has 4 nitrogen and oxygen atoms in total. The van der Waals surface area contributed by atoms with Gasteiger partial charge in [0.15, 0.2) is 11.6 Å². The van der Waals surface area contributed by atoms with Crippen molar-refractivity contribution in [3.8, 4) is 11.4 Å². The maximum absolute atomic E-state index is 13.5. The Hall–Kier alpha value is -1.34. The number of benzene rings is 1. The Kier molecular flexibility index (Phi) is 4.19. The van der Waals surface area contributed by atoms with Gasteiger partial charge in [-0.15, -0.1) is 0 Å². The van der Waals surface area contributed by atoms with Gasteiger partial charge in [-0.3, -0.25) is 0 Å². The maximum Gasteiger partial charge on any atom is 0.240 e. The number of nitrogens with one attached hydrogen (secondary N) is 1. The van der Waals surface area contributed by atoms with Gasteiger partial charge in [0.25, 0.3) is 0 Å². The van der Waals surface area contributed by atoms with E-state index < -0.39 is 11.6 Å². The van der Waals surface area contributed by atoms with Crippen LogP contribution in [0.1, 0.15) is 26.7 Å². The summed E-state index contributed by atoms with van der Waals surface area (Å²) < 4.78 is 31.6. The first-order valence-corrected chi connectivity index (χ1v) is 6.79. The van der Waals surface area contributed by atoms with E-state index in [1.54, 1.807) is 0 Å². The molecule has 20 heavy (non-hydrogen) atoms. The molecule has 0 aliphatic carbocycles. The van der Waals surface area contributed by atoms with Gasteiger partial charge >= 0.3 is 0 Å². The van der Waals surface area contributed by atoms with Crippen LogP contribution in [-0.2, 0) is 6.54 Å². The van der Waals surface area contributed by atoms with Gasteiger partial charge in [-0.1, -0.05) is 5.16 Å². The minimum absolute atomic E-state index is 0.0198. The normalized spacial score (nSPS) is 11.9. The van der Waals surface area contributed by atoms with Crippen LogP contribution in [0, 0.1) is 11.6 Å². The molecule has 2 aromatic rings. The van der Waals surface area contributed by atoms with Crippen LogP contribution >= 0.6 is 15.9 Å². The number of aromatic nitrogens is 2. The topological polar surface area (TPSA) is 51.0 Å². The second kappa shape index (κ2) is 5.57. The highest BCUT2D eigenvalue weighted by Crippen LogP contribution is 2.29. The molecule has 1 N–H and O–H groups in total. The Morgan fingerprint density at radius 3 is 2.65 bits per heavy atom. The summed E-state index contributed by atoms with van der Waals surface area (Å²) in [5.74, 6) is -1.31. The first kappa shape index (κ1) is 15.1. The van der Waals surface area contributed by atoms with Crippen LogP contribution in [0.15, 0.2) is 21.1 Å². The molecule has 7 heteroatoms. The van der Waals surface area contributed by atoms with Crippen molar-refractivity contribution in [2.75, 3.05) is 0 Å². The van der Waals surface area contributed by atoms with Crippen LogP contribution in [0.3, 0.4) is 0 Å². The molecule has 0 spiro atoms. The lowest BCUT2D eigenvalue weighted by Crippen LogP contribution is -2.35. The van der Waals surface area contributed by atoms with Gasteiger partial charge in [0.05, 0.1) is 11.0 Å². The van der Waals surface area contributed by atoms with E-state index in [1.807, 2.05) is 20.8 Å². The fourth-order valence-corrected chi connectivity index (χ4v) is 1.97. The highest BCUT2D eigenvalue weighted by molar-refractivity contribution is 9.10. The number of hydrogen-bond acceptors (Lipinski definition) is 4. The van der Waals surface area contributed by atoms with E-state index in [9.17, 15) is 8.78 Å². The van der Waals surface area contributed by atoms with Crippen LogP contribution in [0.4, 0.5) is 8.78 Å². The summed E-state index contributed by atoms with van der Waals surface area (Å²) in [6, 6.07) is 2.42. The van der Waals surface area contributed by atoms with Gasteiger partial charge in [-0.25, -0.2) is 8.78 Å². The average molecular weight is 346 g/mol. The summed E-state index contributed by atoms with van der Waals surface area (Å²) in [4.78, 5) is 4.16. The predicted octanol–water partition coefficient (Wildman–Crippen LogP) is 3.67. The third kappa shape index (κ3) is 3.40. The zero-order valence-corrected chi connectivity index (χ0v) is 12.9. The van der Waals surface area contributed by atoms with Gasteiger partial charge in [0.1, 0.15) is 0 Å². The lowest BCUT2D eigenvalue weighted by atomic mass is 10.1. The summed E-state index contributed by atoms with van der Waals surface area (Å²) in [6.07, 6.45) is 0. The Balaban J connectivity index is 2.23. The lowest BCUT2D eigenvalue weighted by molar-refractivity contribution is 0.336. The fourth-order valence-electron chi connectivity index (χ4n) is 1.48. The van der Waals surface area contributed by atoms with Crippen molar-refractivity contribution in [1.29, 1.82) is 0 Å². The van der Waals surface area contributed by atoms with E-state index in [0.29, 0.717) is 18.0 Å². The molecule has 1 aromatic heterocycles. The predicted molar refractivity (Wildman–Crippen MR) is 73.9 cm³/mol. The molecule has 0 atom stereocenters. The van der Waals surface area contributed by atoms with Crippen molar-refractivity contribution < 1.29 is 13.3 Å². The van der Waals surface area contributed by atoms with Crippen LogP contribution in [0.5, 0.6) is 0 Å². The summed E-state index contributed by atoms with van der Waals surface area (Å²) >= 11 is 3.00. The molecular formula is C13H14BrF2N3O. The fraction of sp³-hybridized carbons (Fsp3) is 0.385. The molecule has 2 rings (SSSR count). The number of nitrogens with zero attached hydrogens (tertiary/aromatic N) is 2. The van der Waals surface area contributed by atoms with Gasteiger partial charge in [0.2, 0.25) is 11.7 Å². The van der Waals surface area contributed by atoms with Crippen molar-refractivity contribution in [3.63, 3.8) is 0 Å². The van der Waals surface area contributed by atoms with E-state index in [-0.39, 0.29) is 15.8 Å². The number of rotatable bonds is 3. The van der Waals surface area contributed by atoms with E-state index in [0.717, 1.165) is 6.07 Å². The molecule has 108 valence electrons. The van der Waals surface area contributed by atoms with Crippen molar-refractivity contribution in [2.45, 2.75) is 32.9 Å². The molecule has 1 aromatic carbocycles. The Bertz CT molecular complexity index is 623. The van der Waals surface area contributed by atoms with Crippen LogP contribution in [0.2, 0.25) is 0 Å². The highest BCUT2D eigenvalue weighted by Gasteiger charge is 2.18. The third-order valence-corrected chi connectivity index (χ3v) is 3.29. The summed E-state index contributed by atoms with van der Waals surface area (Å²) in [5.41, 5.74) is 0.256. The zero-order valence-electron chi connectivity index (χ0n) is 11.3. The Morgan fingerprint density at radius 2 is 2.00 bits per heavy atom. The average Bonchev–Trinajstić information content (AvgIpc) is 2.81. The van der Waals surface area contributed by atoms with Gasteiger partial charge < -0.3 is 9.84 Å². The lowest BCUT2D eigenvalue weighted by Gasteiger charge is -2.18. The second-order valence-corrected chi connectivity index (χ2v) is 6.13. The van der Waals surface area contributed by atoms with Gasteiger partial charge in [-0.2, -0.15) is 4.98 Å². The summed E-state index contributed by atoms with van der Waals surface area (Å²) in [5, 5.41) is 6.97. The molecule has 0 aliphatic rings. The largest absolute Gasteiger partial charge is 0.338 e. The molecule has 0 saturated heterocycles. The molecular weight excluding hydrogens is 332 g/mol. The van der Waals surface area contributed by atoms with Crippen LogP contribution in [0.25, 0.3) is 11.4 Å². The molecule has 0 amide bonds. The Morgan fingerprint density at radius 1 is 1.30 bits per heavy atom. The molecule has 0 unspecified atom stereocenters. The van der Waals surface area contributed by atoms with Crippen molar-refractivity contribution >= 4 is 15.9 Å². The standard InChI is InChI=1S/C13H14BrF2N3O/c1-13(2,3)17-6-9-18-12(19-20-9)7-4-5-8(15)11(16)10(7)14/h4-5,17H,6H2,1-3H3. The molecule has 0 radical (unpaired) electrons. The minimum Gasteiger partial charge on any atom is -0.338 e. The quantitative estimate of drug-likeness (QED) is 0.862. The van der Waals surface area contributed by atoms with Crippen LogP contribution in [-0.4, -0.2) is 15.7 Å². The molecule has 1 heterocycles. The zero-order chi connectivity index (χ0) is 14.9. The van der Waals surface area contributed by atoms with Crippen molar-refractivity contribution in [2.24, 2.45) is 0 Å². The monoisotopic (exact) mass is 345 g/mol. The molecule has 0 aliphatic heterocycles. The first-order valence-electron chi connectivity index (χ1n) is 5.99. The molecule has 0 bridgehead atoms. The number of halogens is 3. The Labute approximate surface area is 123 Å². The third-order valence-electron chi connectivity index (χ3n) is 2.51. The molecule has 0 saturated carbocycles. The smallest absolute Gasteiger partial charge is 0.240 e. The number of hydrogen-bond donors (Lipinski definition) is 1. The van der Waals surface area contributed by atoms with Gasteiger partial charge in [0, 0.05) is 11.1 Å². The van der Waals surface area contributed by atoms with Crippen molar-refractivity contribution in [1.82, 2.24) is 15.5 Å². The summed E-state index contributed by atoms with van der Waals surface area (Å²) in [7, 11) is 0. The second-order valence-electron chi connectivity index (χ2n) is 5.34. The van der Waals surface area contributed by atoms with E-state index in [1.165, 1.54) is 6.07 Å².